The Morgan fingerprint density at radius 2 is 1.95 bits per heavy atom. The Morgan fingerprint density at radius 1 is 1.23 bits per heavy atom. The van der Waals surface area contributed by atoms with E-state index in [1.807, 2.05) is 25.3 Å². The van der Waals surface area contributed by atoms with E-state index in [4.69, 9.17) is 4.42 Å². The molecule has 0 spiro atoms. The lowest BCUT2D eigenvalue weighted by Crippen LogP contribution is -2.12. The number of amides is 1. The number of nitrogens with zero attached hydrogens (tertiary/aromatic N) is 4. The lowest BCUT2D eigenvalue weighted by atomic mass is 10.4. The van der Waals surface area contributed by atoms with Gasteiger partial charge < -0.3 is 9.73 Å². The molecule has 0 saturated carbocycles. The summed E-state index contributed by atoms with van der Waals surface area (Å²) in [4.78, 5) is 24.8. The van der Waals surface area contributed by atoms with Crippen LogP contribution in [0.2, 0.25) is 0 Å². The van der Waals surface area contributed by atoms with Gasteiger partial charge in [0.1, 0.15) is 5.82 Å². The molecule has 0 unspecified atom stereocenters. The number of carbonyl (C=O) groups excluding carboxylic acids is 1. The molecule has 3 aromatic heterocycles. The minimum Gasteiger partial charge on any atom is -0.459 e. The van der Waals surface area contributed by atoms with Gasteiger partial charge in [0.2, 0.25) is 5.95 Å². The summed E-state index contributed by atoms with van der Waals surface area (Å²) in [5, 5.41) is 2.67. The van der Waals surface area contributed by atoms with Crippen LogP contribution in [-0.2, 0) is 0 Å². The molecular formula is C15H15N5O2. The zero-order valence-corrected chi connectivity index (χ0v) is 12.5. The second-order valence-electron chi connectivity index (χ2n) is 4.87. The number of hydrogen-bond donors (Lipinski definition) is 1. The highest BCUT2D eigenvalue weighted by molar-refractivity contribution is 6.01. The number of nitrogens with one attached hydrogen (secondary N) is 1. The fraction of sp³-hybridized carbons (Fsp3) is 0.200. The monoisotopic (exact) mass is 297 g/mol. The van der Waals surface area contributed by atoms with E-state index < -0.39 is 0 Å². The molecule has 1 N–H and O–H groups in total. The predicted molar refractivity (Wildman–Crippen MR) is 80.0 cm³/mol. The Morgan fingerprint density at radius 3 is 2.50 bits per heavy atom. The van der Waals surface area contributed by atoms with Gasteiger partial charge in [-0.25, -0.2) is 15.0 Å². The number of aromatic nitrogens is 4. The third kappa shape index (κ3) is 2.48. The first kappa shape index (κ1) is 14.0. The van der Waals surface area contributed by atoms with Crippen molar-refractivity contribution in [3.63, 3.8) is 0 Å². The third-order valence-electron chi connectivity index (χ3n) is 3.35. The predicted octanol–water partition coefficient (Wildman–Crippen LogP) is 2.43. The molecule has 0 aliphatic carbocycles. The Bertz CT molecular complexity index is 803. The van der Waals surface area contributed by atoms with Crippen LogP contribution in [0.25, 0.3) is 5.95 Å². The second kappa shape index (κ2) is 5.44. The standard InChI is InChI=1S/C15H15N5O2/c1-9-10(2)20(11(3)18-9)15-16-7-12(8-17-15)19-14(21)13-5-4-6-22-13/h4-8H,1-3H3,(H,19,21). The highest BCUT2D eigenvalue weighted by Crippen LogP contribution is 2.15. The molecule has 0 bridgehead atoms. The van der Waals surface area contributed by atoms with Crippen LogP contribution in [0.4, 0.5) is 5.69 Å². The summed E-state index contributed by atoms with van der Waals surface area (Å²) in [5.74, 6) is 1.24. The first-order chi connectivity index (χ1) is 10.6. The van der Waals surface area contributed by atoms with Crippen LogP contribution in [0.15, 0.2) is 35.2 Å². The Balaban J connectivity index is 1.82. The second-order valence-corrected chi connectivity index (χ2v) is 4.87. The molecule has 3 heterocycles. The van der Waals surface area contributed by atoms with Gasteiger partial charge in [-0.1, -0.05) is 0 Å². The van der Waals surface area contributed by atoms with Crippen LogP contribution in [0.1, 0.15) is 27.8 Å². The van der Waals surface area contributed by atoms with Gasteiger partial charge in [0.15, 0.2) is 5.76 Å². The lowest BCUT2D eigenvalue weighted by Gasteiger charge is -2.07. The lowest BCUT2D eigenvalue weighted by molar-refractivity contribution is 0.0996. The topological polar surface area (TPSA) is 85.8 Å². The molecule has 0 fully saturated rings. The van der Waals surface area contributed by atoms with Crippen molar-refractivity contribution in [3.05, 3.63) is 53.8 Å². The van der Waals surface area contributed by atoms with Gasteiger partial charge in [-0.15, -0.1) is 0 Å². The van der Waals surface area contributed by atoms with Crippen LogP contribution in [0, 0.1) is 20.8 Å². The number of carbonyl (C=O) groups is 1. The fourth-order valence-electron chi connectivity index (χ4n) is 2.17. The van der Waals surface area contributed by atoms with Gasteiger partial charge in [-0.3, -0.25) is 9.36 Å². The van der Waals surface area contributed by atoms with Gasteiger partial charge >= 0.3 is 0 Å². The summed E-state index contributed by atoms with van der Waals surface area (Å²) < 4.78 is 6.90. The van der Waals surface area contributed by atoms with E-state index in [9.17, 15) is 4.79 Å². The molecule has 3 rings (SSSR count). The summed E-state index contributed by atoms with van der Waals surface area (Å²) in [5.41, 5.74) is 2.43. The number of furan rings is 1. The highest BCUT2D eigenvalue weighted by Gasteiger charge is 2.13. The van der Waals surface area contributed by atoms with E-state index in [0.717, 1.165) is 17.2 Å². The van der Waals surface area contributed by atoms with E-state index in [-0.39, 0.29) is 11.7 Å². The fourth-order valence-corrected chi connectivity index (χ4v) is 2.17. The van der Waals surface area contributed by atoms with Gasteiger partial charge in [0, 0.05) is 5.69 Å². The zero-order valence-electron chi connectivity index (χ0n) is 12.5. The summed E-state index contributed by atoms with van der Waals surface area (Å²) in [6, 6.07) is 3.24. The number of hydrogen-bond acceptors (Lipinski definition) is 5. The van der Waals surface area contributed by atoms with Crippen LogP contribution in [0.5, 0.6) is 0 Å². The van der Waals surface area contributed by atoms with Crippen molar-refractivity contribution in [1.82, 2.24) is 19.5 Å². The molecule has 0 aliphatic heterocycles. The van der Waals surface area contributed by atoms with Gasteiger partial charge in [-0.05, 0) is 32.9 Å². The van der Waals surface area contributed by atoms with Crippen molar-refractivity contribution < 1.29 is 9.21 Å². The average Bonchev–Trinajstić information content (AvgIpc) is 3.10. The van der Waals surface area contributed by atoms with E-state index in [0.29, 0.717) is 11.6 Å². The minimum atomic E-state index is -0.341. The molecule has 0 saturated heterocycles. The first-order valence-corrected chi connectivity index (χ1v) is 6.76. The Kier molecular flexibility index (Phi) is 3.46. The number of anilines is 1. The van der Waals surface area contributed by atoms with Crippen LogP contribution in [-0.4, -0.2) is 25.4 Å². The average molecular weight is 297 g/mol. The van der Waals surface area contributed by atoms with E-state index in [2.05, 4.69) is 20.3 Å². The molecule has 0 aliphatic rings. The molecule has 0 aromatic carbocycles. The van der Waals surface area contributed by atoms with E-state index in [1.54, 1.807) is 24.5 Å². The number of aryl methyl sites for hydroxylation is 2. The first-order valence-electron chi connectivity index (χ1n) is 6.76. The Hall–Kier alpha value is -2.96. The minimum absolute atomic E-state index is 0.237. The quantitative estimate of drug-likeness (QED) is 0.802. The SMILES string of the molecule is Cc1nc(C)n(-c2ncc(NC(=O)c3ccco3)cn2)c1C. The van der Waals surface area contributed by atoms with Crippen LogP contribution in [0.3, 0.4) is 0 Å². The summed E-state index contributed by atoms with van der Waals surface area (Å²) in [6.45, 7) is 5.80. The van der Waals surface area contributed by atoms with Crippen molar-refractivity contribution in [2.75, 3.05) is 5.32 Å². The number of rotatable bonds is 3. The zero-order chi connectivity index (χ0) is 15.7. The van der Waals surface area contributed by atoms with Crippen molar-refractivity contribution >= 4 is 11.6 Å². The number of imidazole rings is 1. The van der Waals surface area contributed by atoms with Crippen LogP contribution < -0.4 is 5.32 Å². The maximum Gasteiger partial charge on any atom is 0.291 e. The normalized spacial score (nSPS) is 10.7. The summed E-state index contributed by atoms with van der Waals surface area (Å²) in [6.07, 6.45) is 4.55. The van der Waals surface area contributed by atoms with Crippen molar-refractivity contribution in [3.8, 4) is 5.95 Å². The molecule has 0 atom stereocenters. The smallest absolute Gasteiger partial charge is 0.291 e. The van der Waals surface area contributed by atoms with Gasteiger partial charge in [0.25, 0.3) is 5.91 Å². The summed E-state index contributed by atoms with van der Waals surface area (Å²) in [7, 11) is 0. The van der Waals surface area contributed by atoms with E-state index in [1.165, 1.54) is 6.26 Å². The maximum absolute atomic E-state index is 11.9. The van der Waals surface area contributed by atoms with Crippen molar-refractivity contribution in [1.29, 1.82) is 0 Å². The molecular weight excluding hydrogens is 282 g/mol. The molecule has 22 heavy (non-hydrogen) atoms. The van der Waals surface area contributed by atoms with Crippen molar-refractivity contribution in [2.24, 2.45) is 0 Å². The highest BCUT2D eigenvalue weighted by atomic mass is 16.3. The third-order valence-corrected chi connectivity index (χ3v) is 3.35. The largest absolute Gasteiger partial charge is 0.459 e. The van der Waals surface area contributed by atoms with Crippen molar-refractivity contribution in [2.45, 2.75) is 20.8 Å². The molecule has 112 valence electrons. The van der Waals surface area contributed by atoms with Crippen LogP contribution >= 0.6 is 0 Å². The van der Waals surface area contributed by atoms with Gasteiger partial charge in [0.05, 0.1) is 30.0 Å². The summed E-state index contributed by atoms with van der Waals surface area (Å²) >= 11 is 0. The molecule has 7 nitrogen and oxygen atoms in total. The Labute approximate surface area is 127 Å². The molecule has 3 aromatic rings. The maximum atomic E-state index is 11.9. The molecule has 7 heteroatoms. The molecule has 1 amide bonds. The van der Waals surface area contributed by atoms with Gasteiger partial charge in [-0.2, -0.15) is 0 Å². The molecule has 0 radical (unpaired) electrons. The van der Waals surface area contributed by atoms with E-state index >= 15 is 0 Å².